The number of carbonyl (C=O) groups excluding carboxylic acids is 1. The van der Waals surface area contributed by atoms with Crippen LogP contribution in [0, 0.1) is 5.92 Å². The van der Waals surface area contributed by atoms with Crippen molar-refractivity contribution in [3.8, 4) is 0 Å². The smallest absolute Gasteiger partial charge is 0.132 e. The minimum absolute atomic E-state index is 0.438. The minimum atomic E-state index is 0.438. The highest BCUT2D eigenvalue weighted by Crippen LogP contribution is 2.07. The summed E-state index contributed by atoms with van der Waals surface area (Å²) < 4.78 is 0. The molecule has 0 aromatic heterocycles. The van der Waals surface area contributed by atoms with Crippen LogP contribution in [-0.2, 0) is 4.79 Å². The number of hydrogen-bond donors (Lipinski definition) is 0. The maximum atomic E-state index is 11.0. The first-order valence-corrected chi connectivity index (χ1v) is 5.68. The average molecular weight is 186 g/mol. The van der Waals surface area contributed by atoms with Crippen LogP contribution in [0.15, 0.2) is 0 Å². The van der Waals surface area contributed by atoms with Gasteiger partial charge in [-0.25, -0.2) is 0 Å². The second-order valence-electron chi connectivity index (χ2n) is 3.57. The van der Waals surface area contributed by atoms with Gasteiger partial charge in [0.25, 0.3) is 0 Å². The van der Waals surface area contributed by atoms with Crippen LogP contribution in [0.3, 0.4) is 0 Å². The Labute approximate surface area is 83.9 Å². The zero-order valence-electron chi connectivity index (χ0n) is 10.0. The Balaban J connectivity index is 0. The molecule has 0 aliphatic heterocycles. The normalized spacial score (nSPS) is 9.38. The summed E-state index contributed by atoms with van der Waals surface area (Å²) >= 11 is 0. The van der Waals surface area contributed by atoms with Crippen molar-refractivity contribution in [2.45, 2.75) is 66.7 Å². The highest BCUT2D eigenvalue weighted by molar-refractivity contribution is 5.78. The maximum Gasteiger partial charge on any atom is 0.132 e. The first-order valence-electron chi connectivity index (χ1n) is 5.68. The zero-order valence-corrected chi connectivity index (χ0v) is 10.0. The molecule has 0 aromatic carbocycles. The van der Waals surface area contributed by atoms with E-state index in [1.807, 2.05) is 13.8 Å². The molecule has 0 fully saturated rings. The summed E-state index contributed by atoms with van der Waals surface area (Å²) in [5.74, 6) is 1.18. The molecule has 1 nitrogen and oxygen atoms in total. The molecule has 0 amide bonds. The number of hydrogen-bond acceptors (Lipinski definition) is 1. The van der Waals surface area contributed by atoms with Crippen molar-refractivity contribution in [2.75, 3.05) is 0 Å². The van der Waals surface area contributed by atoms with Gasteiger partial charge < -0.3 is 0 Å². The van der Waals surface area contributed by atoms with Crippen LogP contribution in [0.1, 0.15) is 66.7 Å². The van der Waals surface area contributed by atoms with E-state index >= 15 is 0 Å². The summed E-state index contributed by atoms with van der Waals surface area (Å²) in [5.41, 5.74) is 0. The second-order valence-corrected chi connectivity index (χ2v) is 3.57. The standard InChI is InChI=1S/C10H20O.C2H6/c1-4-6-10(11)8-5-7-9(2)3;1-2/h9H,4-8H2,1-3H3;1-2H3. The van der Waals surface area contributed by atoms with E-state index in [4.69, 9.17) is 0 Å². The molecule has 0 aliphatic rings. The van der Waals surface area contributed by atoms with Crippen LogP contribution >= 0.6 is 0 Å². The van der Waals surface area contributed by atoms with Gasteiger partial charge in [-0.15, -0.1) is 0 Å². The van der Waals surface area contributed by atoms with Crippen LogP contribution in [0.5, 0.6) is 0 Å². The number of carbonyl (C=O) groups is 1. The summed E-state index contributed by atoms with van der Waals surface area (Å²) in [7, 11) is 0. The minimum Gasteiger partial charge on any atom is -0.300 e. The Bertz CT molecular complexity index is 106. The predicted molar refractivity (Wildman–Crippen MR) is 60.0 cm³/mol. The Kier molecular flexibility index (Phi) is 13.6. The molecule has 0 aliphatic carbocycles. The fraction of sp³-hybridized carbons (Fsp3) is 0.917. The van der Waals surface area contributed by atoms with Gasteiger partial charge in [0, 0.05) is 12.8 Å². The van der Waals surface area contributed by atoms with Crippen LogP contribution in [0.25, 0.3) is 0 Å². The van der Waals surface area contributed by atoms with Crippen molar-refractivity contribution in [1.82, 2.24) is 0 Å². The predicted octanol–water partition coefficient (Wildman–Crippen LogP) is 4.21. The molecule has 0 rings (SSSR count). The molecule has 0 aromatic rings. The van der Waals surface area contributed by atoms with Crippen LogP contribution in [0.2, 0.25) is 0 Å². The monoisotopic (exact) mass is 186 g/mol. The summed E-state index contributed by atoms with van der Waals surface area (Å²) in [6.07, 6.45) is 4.84. The highest BCUT2D eigenvalue weighted by Gasteiger charge is 2.00. The van der Waals surface area contributed by atoms with Crippen molar-refractivity contribution in [1.29, 1.82) is 0 Å². The summed E-state index contributed by atoms with van der Waals surface area (Å²) in [5, 5.41) is 0. The van der Waals surface area contributed by atoms with Gasteiger partial charge >= 0.3 is 0 Å². The largest absolute Gasteiger partial charge is 0.300 e. The number of rotatable bonds is 6. The third kappa shape index (κ3) is 14.5. The molecule has 0 radical (unpaired) electrons. The van der Waals surface area contributed by atoms with Gasteiger partial charge in [-0.3, -0.25) is 4.79 Å². The van der Waals surface area contributed by atoms with Crippen molar-refractivity contribution < 1.29 is 4.79 Å². The quantitative estimate of drug-likeness (QED) is 0.607. The van der Waals surface area contributed by atoms with Crippen molar-refractivity contribution >= 4 is 5.78 Å². The van der Waals surface area contributed by atoms with E-state index in [9.17, 15) is 4.79 Å². The molecule has 13 heavy (non-hydrogen) atoms. The molecule has 0 bridgehead atoms. The van der Waals surface area contributed by atoms with E-state index in [2.05, 4.69) is 20.8 Å². The second kappa shape index (κ2) is 11.7. The van der Waals surface area contributed by atoms with E-state index in [1.165, 1.54) is 6.42 Å². The first-order chi connectivity index (χ1) is 6.16. The highest BCUT2D eigenvalue weighted by atomic mass is 16.1. The summed E-state index contributed by atoms with van der Waals surface area (Å²) in [6.45, 7) is 10.5. The van der Waals surface area contributed by atoms with Gasteiger partial charge in [-0.2, -0.15) is 0 Å². The Hall–Kier alpha value is -0.330. The molecular weight excluding hydrogens is 160 g/mol. The van der Waals surface area contributed by atoms with Gasteiger partial charge in [-0.1, -0.05) is 41.0 Å². The fourth-order valence-electron chi connectivity index (χ4n) is 1.11. The fourth-order valence-corrected chi connectivity index (χ4v) is 1.11. The molecular formula is C12H26O. The molecule has 0 unspecified atom stereocenters. The van der Waals surface area contributed by atoms with Crippen molar-refractivity contribution in [3.63, 3.8) is 0 Å². The summed E-state index contributed by atoms with van der Waals surface area (Å²) in [6, 6.07) is 0. The molecule has 1 heteroatoms. The van der Waals surface area contributed by atoms with Gasteiger partial charge in [0.05, 0.1) is 0 Å². The third-order valence-corrected chi connectivity index (χ3v) is 1.77. The van der Waals surface area contributed by atoms with E-state index in [0.717, 1.165) is 31.6 Å². The molecule has 0 N–H and O–H groups in total. The lowest BCUT2D eigenvalue weighted by Crippen LogP contribution is -1.97. The Morgan fingerprint density at radius 3 is 2.08 bits per heavy atom. The molecule has 0 atom stereocenters. The molecule has 0 saturated carbocycles. The SMILES string of the molecule is CC.CCCC(=O)CCCC(C)C. The molecule has 0 heterocycles. The molecule has 0 saturated heterocycles. The van der Waals surface area contributed by atoms with Gasteiger partial charge in [-0.05, 0) is 18.8 Å². The van der Waals surface area contributed by atoms with Crippen LogP contribution in [0.4, 0.5) is 0 Å². The lowest BCUT2D eigenvalue weighted by Gasteiger charge is -2.02. The lowest BCUT2D eigenvalue weighted by atomic mass is 10.0. The van der Waals surface area contributed by atoms with Crippen LogP contribution in [-0.4, -0.2) is 5.78 Å². The number of ketones is 1. The average Bonchev–Trinajstić information content (AvgIpc) is 2.08. The molecule has 80 valence electrons. The van der Waals surface area contributed by atoms with Crippen LogP contribution < -0.4 is 0 Å². The third-order valence-electron chi connectivity index (χ3n) is 1.77. The van der Waals surface area contributed by atoms with Gasteiger partial charge in [0.15, 0.2) is 0 Å². The van der Waals surface area contributed by atoms with Gasteiger partial charge in [0.1, 0.15) is 5.78 Å². The number of Topliss-reactive ketones (excluding diaryl/α,β-unsaturated/α-hetero) is 1. The molecule has 0 spiro atoms. The van der Waals surface area contributed by atoms with E-state index in [0.29, 0.717) is 5.78 Å². The van der Waals surface area contributed by atoms with E-state index < -0.39 is 0 Å². The Morgan fingerprint density at radius 2 is 1.69 bits per heavy atom. The van der Waals surface area contributed by atoms with Gasteiger partial charge in [0.2, 0.25) is 0 Å². The summed E-state index contributed by atoms with van der Waals surface area (Å²) in [4.78, 5) is 11.0. The maximum absolute atomic E-state index is 11.0. The van der Waals surface area contributed by atoms with Crippen molar-refractivity contribution in [3.05, 3.63) is 0 Å². The zero-order chi connectivity index (χ0) is 10.7. The topological polar surface area (TPSA) is 17.1 Å². The first kappa shape index (κ1) is 15.2. The Morgan fingerprint density at radius 1 is 1.15 bits per heavy atom. The lowest BCUT2D eigenvalue weighted by molar-refractivity contribution is -0.119. The van der Waals surface area contributed by atoms with E-state index in [-0.39, 0.29) is 0 Å². The van der Waals surface area contributed by atoms with Crippen molar-refractivity contribution in [2.24, 2.45) is 5.92 Å². The van der Waals surface area contributed by atoms with E-state index in [1.54, 1.807) is 0 Å².